The van der Waals surface area contributed by atoms with Crippen LogP contribution >= 0.6 is 0 Å². The van der Waals surface area contributed by atoms with Crippen LogP contribution in [0.5, 0.6) is 0 Å². The third-order valence-electron chi connectivity index (χ3n) is 23.5. The summed E-state index contributed by atoms with van der Waals surface area (Å²) >= 11 is 0. The van der Waals surface area contributed by atoms with Crippen molar-refractivity contribution in [3.05, 3.63) is 395 Å². The lowest BCUT2D eigenvalue weighted by Crippen LogP contribution is -2.68. The van der Waals surface area contributed by atoms with Crippen molar-refractivity contribution < 1.29 is 152 Å². The van der Waals surface area contributed by atoms with E-state index in [2.05, 4.69) is 0 Å². The molecule has 32 nitrogen and oxygen atoms in total. The molecule has 11 aromatic carbocycles. The molecule has 24 atom stereocenters. The highest BCUT2D eigenvalue weighted by atomic mass is 16.8. The van der Waals surface area contributed by atoms with Gasteiger partial charge in [0.1, 0.15) is 18.3 Å². The van der Waals surface area contributed by atoms with Crippen LogP contribution in [0.25, 0.3) is 0 Å². The maximum Gasteiger partial charge on any atom is 0.340 e. The average molecular weight is 1890 g/mol. The number of hydrogen-bond acceptors (Lipinski definition) is 32. The monoisotopic (exact) mass is 1890 g/mol. The van der Waals surface area contributed by atoms with Crippen LogP contribution in [0.2, 0.25) is 0 Å². The predicted molar refractivity (Wildman–Crippen MR) is 486 cm³/mol. The van der Waals surface area contributed by atoms with Gasteiger partial charge in [-0.3, -0.25) is 0 Å². The van der Waals surface area contributed by atoms with Crippen LogP contribution in [0, 0.1) is 0 Å². The van der Waals surface area contributed by atoms with E-state index in [1.807, 2.05) is 0 Å². The van der Waals surface area contributed by atoms with Crippen molar-refractivity contribution in [1.82, 2.24) is 0 Å². The molecule has 0 aliphatic carbocycles. The molecule has 0 saturated carbocycles. The van der Waals surface area contributed by atoms with E-state index in [0.717, 1.165) is 0 Å². The second kappa shape index (κ2) is 45.9. The Balaban J connectivity index is 0.880. The third kappa shape index (κ3) is 23.7. The maximum atomic E-state index is 15.9. The van der Waals surface area contributed by atoms with E-state index in [4.69, 9.17) is 99.5 Å². The van der Waals surface area contributed by atoms with Crippen molar-refractivity contribution in [1.29, 1.82) is 0 Å². The molecule has 139 heavy (non-hydrogen) atoms. The number of esters is 11. The van der Waals surface area contributed by atoms with Crippen molar-refractivity contribution in [2.75, 3.05) is 13.7 Å². The third-order valence-corrected chi connectivity index (χ3v) is 23.5. The first kappa shape index (κ1) is 97.3. The fraction of sp³-hybridized carbons (Fsp3) is 0.280. The molecule has 0 aromatic heterocycles. The van der Waals surface area contributed by atoms with Gasteiger partial charge in [-0.1, -0.05) is 200 Å². The molecule has 5 aliphatic heterocycles. The highest BCUT2D eigenvalue weighted by Gasteiger charge is 2.62. The van der Waals surface area contributed by atoms with Gasteiger partial charge in [-0.2, -0.15) is 0 Å². The summed E-state index contributed by atoms with van der Waals surface area (Å²) in [6.45, 7) is 4.89. The molecule has 0 unspecified atom stereocenters. The normalized spacial score (nSPS) is 27.0. The van der Waals surface area contributed by atoms with Gasteiger partial charge >= 0.3 is 65.7 Å². The number of rotatable bonds is 31. The largest absolute Gasteiger partial charge is 0.453 e. The Morgan fingerprint density at radius 1 is 0.187 bits per heavy atom. The van der Waals surface area contributed by atoms with Crippen LogP contribution < -0.4 is 0 Å². The number of benzene rings is 11. The van der Waals surface area contributed by atoms with Crippen molar-refractivity contribution in [3.8, 4) is 0 Å². The van der Waals surface area contributed by atoms with Crippen molar-refractivity contribution in [2.24, 2.45) is 0 Å². The van der Waals surface area contributed by atoms with E-state index in [-0.39, 0.29) is 61.2 Å². The Bertz CT molecular complexity index is 5990. The standard InChI is InChI=1S/C107H96O32/c1-62-78(126-92(108)66-39-17-6-18-40-66)83(119-5)88(133-99(115)73-53-31-13-32-54-73)105(122-62)137-87-82(130-96(112)70-47-25-10-26-48-70)77(61-120-103(87)136-86-81(129-95(111)69-45-23-9-24-46-69)65(4)124-107(139-102(118)76-59-37-16-38-60-76)90(86)135-101(117)75-57-35-15-36-58-75)125-104-91(85(132-98(114)72-51-29-12-30-52-72)80(63(2)121-104)128-94(110)68-43-21-8-22-44-68)138-106-89(134-100(116)74-55-33-14-34-56-74)84(131-97(113)71-49-27-11-28-50-71)79(64(3)123-106)127-93(109)67-41-19-7-20-42-67/h6-60,62-65,77-91,103-107H,61H2,1-5H3/t62-,63-,64-,65-,77-,78-,79+,80-,81-,82+,83+,84+,85+,86+,87-,88-,89-,90-,91-,103+,104+,105+,106+,107+/m1/s1. The predicted octanol–water partition coefficient (Wildman–Crippen LogP) is 14.0. The number of carbonyl (C=O) groups excluding carboxylic acids is 11. The molecule has 0 radical (unpaired) electrons. The molecule has 0 amide bonds. The molecule has 5 aliphatic rings. The van der Waals surface area contributed by atoms with Crippen molar-refractivity contribution in [3.63, 3.8) is 0 Å². The Hall–Kier alpha value is -14.8. The molecule has 0 spiro atoms. The zero-order valence-electron chi connectivity index (χ0n) is 75.4. The highest BCUT2D eigenvalue weighted by molar-refractivity contribution is 5.95. The van der Waals surface area contributed by atoms with Crippen LogP contribution in [-0.4, -0.2) is 227 Å². The topological polar surface area (TPSA) is 382 Å². The molecular weight excluding hydrogens is 1800 g/mol. The highest BCUT2D eigenvalue weighted by Crippen LogP contribution is 2.43. The zero-order valence-corrected chi connectivity index (χ0v) is 75.4. The van der Waals surface area contributed by atoms with Gasteiger partial charge < -0.3 is 99.5 Å². The SMILES string of the molecule is CO[C@@H]1[C@@H](OC(=O)c2ccccc2)[C@H](O[C@H]2[C@H](O[C@@H]3[C@@H](OC(=O)c4ccccc4)[C@H](OC(=O)c4ccccc4)O[C@H](C)[C@H]3OC(=O)c3ccccc3)OC[C@@H](O[C@@H]3O[C@H](C)[C@@H](OC(=O)c4ccccc4)[C@H](OC(=O)c4ccccc4)[C@H]3O[C@@H]3O[C@H](C)[C@H](OC(=O)c4ccccc4)[C@H](OC(=O)c4ccccc4)[C@H]3OC(=O)c3ccccc3)[C@@H]2OC(=O)c2ccccc2)O[C@H](C)[C@H]1OC(=O)c1ccccc1. The fourth-order valence-electron chi connectivity index (χ4n) is 16.5. The first-order valence-electron chi connectivity index (χ1n) is 44.8. The van der Waals surface area contributed by atoms with Crippen LogP contribution in [-0.2, 0) is 99.5 Å². The molecule has 11 aromatic rings. The molecule has 32 heteroatoms. The minimum Gasteiger partial charge on any atom is -0.453 e. The van der Waals surface area contributed by atoms with Crippen LogP contribution in [0.1, 0.15) is 142 Å². The van der Waals surface area contributed by atoms with E-state index >= 15 is 24.0 Å². The van der Waals surface area contributed by atoms with Gasteiger partial charge in [0.15, 0.2) is 98.4 Å². The summed E-state index contributed by atoms with van der Waals surface area (Å²) in [6, 6.07) is 84.4. The van der Waals surface area contributed by atoms with Gasteiger partial charge in [0.2, 0.25) is 6.29 Å². The summed E-state index contributed by atoms with van der Waals surface area (Å²) < 4.78 is 142. The molecule has 5 saturated heterocycles. The smallest absolute Gasteiger partial charge is 0.340 e. The summed E-state index contributed by atoms with van der Waals surface area (Å²) in [4.78, 5) is 165. The van der Waals surface area contributed by atoms with Crippen molar-refractivity contribution in [2.45, 2.75) is 175 Å². The number of hydrogen-bond donors (Lipinski definition) is 0. The Morgan fingerprint density at radius 2 is 0.367 bits per heavy atom. The second-order valence-corrected chi connectivity index (χ2v) is 32.8. The molecule has 16 rings (SSSR count). The lowest BCUT2D eigenvalue weighted by molar-refractivity contribution is -0.393. The Kier molecular flexibility index (Phi) is 32.1. The van der Waals surface area contributed by atoms with Gasteiger partial charge in [0.05, 0.1) is 92.2 Å². The van der Waals surface area contributed by atoms with Crippen LogP contribution in [0.4, 0.5) is 0 Å². The first-order valence-corrected chi connectivity index (χ1v) is 44.8. The molecule has 716 valence electrons. The van der Waals surface area contributed by atoms with E-state index in [1.165, 1.54) is 180 Å². The van der Waals surface area contributed by atoms with E-state index < -0.39 is 220 Å². The summed E-state index contributed by atoms with van der Waals surface area (Å²) in [5, 5.41) is 0. The summed E-state index contributed by atoms with van der Waals surface area (Å²) in [5.41, 5.74) is -0.242. The van der Waals surface area contributed by atoms with Crippen LogP contribution in [0.3, 0.4) is 0 Å². The van der Waals surface area contributed by atoms with Crippen molar-refractivity contribution >= 4 is 65.7 Å². The van der Waals surface area contributed by atoms with Crippen LogP contribution in [0.15, 0.2) is 334 Å². The lowest BCUT2D eigenvalue weighted by Gasteiger charge is -2.51. The maximum absolute atomic E-state index is 15.9. The average Bonchev–Trinajstić information content (AvgIpc) is 0.758. The van der Waals surface area contributed by atoms with E-state index in [0.29, 0.717) is 0 Å². The lowest BCUT2D eigenvalue weighted by atomic mass is 9.96. The Morgan fingerprint density at radius 3 is 0.633 bits per heavy atom. The van der Waals surface area contributed by atoms with Gasteiger partial charge in [-0.25, -0.2) is 52.7 Å². The second-order valence-electron chi connectivity index (χ2n) is 32.8. The Labute approximate surface area is 797 Å². The summed E-state index contributed by atoms with van der Waals surface area (Å²) in [7, 11) is 1.24. The minimum absolute atomic E-state index is 0.000325. The first-order chi connectivity index (χ1) is 67.6. The summed E-state index contributed by atoms with van der Waals surface area (Å²) in [5.74, 6) is -11.2. The number of carbonyl (C=O) groups is 11. The minimum atomic E-state index is -2.24. The number of methoxy groups -OCH3 is 1. The van der Waals surface area contributed by atoms with Gasteiger partial charge in [0, 0.05) is 7.11 Å². The fourth-order valence-corrected chi connectivity index (χ4v) is 16.5. The molecule has 0 bridgehead atoms. The molecule has 5 fully saturated rings. The number of ether oxygens (including phenoxy) is 21. The molecule has 5 heterocycles. The molecule has 0 N–H and O–H groups in total. The zero-order chi connectivity index (χ0) is 97.0. The van der Waals surface area contributed by atoms with E-state index in [1.54, 1.807) is 188 Å². The van der Waals surface area contributed by atoms with Gasteiger partial charge in [0.25, 0.3) is 0 Å². The van der Waals surface area contributed by atoms with Gasteiger partial charge in [-0.05, 0) is 161 Å². The van der Waals surface area contributed by atoms with E-state index in [9.17, 15) is 28.8 Å². The molecular formula is C107H96O32. The quantitative estimate of drug-likeness (QED) is 0.0288. The van der Waals surface area contributed by atoms with Gasteiger partial charge in [-0.15, -0.1) is 0 Å². The summed E-state index contributed by atoms with van der Waals surface area (Å²) in [6.07, 6.45) is -45.5.